The van der Waals surface area contributed by atoms with Crippen LogP contribution in [0.15, 0.2) is 42.7 Å². The van der Waals surface area contributed by atoms with E-state index in [1.807, 2.05) is 24.5 Å². The van der Waals surface area contributed by atoms with Crippen molar-refractivity contribution in [2.45, 2.75) is 95.4 Å². The zero-order valence-corrected chi connectivity index (χ0v) is 25.5. The zero-order chi connectivity index (χ0) is 30.7. The van der Waals surface area contributed by atoms with Gasteiger partial charge >= 0.3 is 0 Å². The number of phenols is 3. The number of aromatic hydroxyl groups is 3. The van der Waals surface area contributed by atoms with Gasteiger partial charge in [-0.1, -0.05) is 26.0 Å². The molecule has 3 aromatic rings. The summed E-state index contributed by atoms with van der Waals surface area (Å²) in [6.45, 7) is 4.51. The minimum absolute atomic E-state index is 0.0167. The highest BCUT2D eigenvalue weighted by atomic mass is 16.5. The number of rotatable bonds is 11. The molecular weight excluding hydrogens is 546 g/mol. The van der Waals surface area contributed by atoms with Gasteiger partial charge in [0.25, 0.3) is 0 Å². The lowest BCUT2D eigenvalue weighted by molar-refractivity contribution is -0.154. The van der Waals surface area contributed by atoms with E-state index in [9.17, 15) is 25.5 Å². The van der Waals surface area contributed by atoms with Crippen molar-refractivity contribution < 1.29 is 35.0 Å². The Morgan fingerprint density at radius 1 is 1.05 bits per heavy atom. The predicted octanol–water partition coefficient (Wildman–Crippen LogP) is 6.41. The van der Waals surface area contributed by atoms with Crippen molar-refractivity contribution in [3.05, 3.63) is 70.5 Å². The number of hydrogen-bond acceptors (Lipinski definition) is 7. The van der Waals surface area contributed by atoms with E-state index in [1.165, 1.54) is 12.7 Å². The minimum Gasteiger partial charge on any atom is -0.508 e. The Morgan fingerprint density at radius 2 is 1.86 bits per heavy atom. The van der Waals surface area contributed by atoms with E-state index in [0.29, 0.717) is 36.5 Å². The Kier molecular flexibility index (Phi) is 9.89. The number of fused-ring (bicyclic) bond motifs is 1. The van der Waals surface area contributed by atoms with Crippen LogP contribution in [0.2, 0.25) is 0 Å². The molecule has 0 bridgehead atoms. The van der Waals surface area contributed by atoms with Gasteiger partial charge in [-0.25, -0.2) is 0 Å². The second kappa shape index (κ2) is 13.6. The van der Waals surface area contributed by atoms with Crippen LogP contribution in [-0.2, 0) is 11.2 Å². The molecule has 6 unspecified atom stereocenters. The molecule has 1 aromatic heterocycles. The first-order valence-corrected chi connectivity index (χ1v) is 15.7. The second-order valence-corrected chi connectivity index (χ2v) is 12.9. The average Bonchev–Trinajstić information content (AvgIpc) is 3.50. The van der Waals surface area contributed by atoms with E-state index < -0.39 is 12.2 Å². The molecule has 5 rings (SSSR count). The highest BCUT2D eigenvalue weighted by molar-refractivity contribution is 5.59. The van der Waals surface area contributed by atoms with Crippen molar-refractivity contribution in [1.82, 2.24) is 4.98 Å². The molecule has 2 aliphatic rings. The first-order chi connectivity index (χ1) is 20.7. The molecule has 6 atom stereocenters. The van der Waals surface area contributed by atoms with Crippen LogP contribution in [0, 0.1) is 11.8 Å². The third-order valence-electron chi connectivity index (χ3n) is 9.53. The fourth-order valence-corrected chi connectivity index (χ4v) is 7.43. The number of aromatic amines is 1. The quantitative estimate of drug-likeness (QED) is 0.142. The maximum absolute atomic E-state index is 11.3. The number of hydrogen-bond donors (Lipinski definition) is 6. The Balaban J connectivity index is 1.41. The molecule has 1 saturated carbocycles. The first-order valence-electron chi connectivity index (χ1n) is 15.7. The molecule has 2 fully saturated rings. The van der Waals surface area contributed by atoms with Gasteiger partial charge in [-0.05, 0) is 96.7 Å². The van der Waals surface area contributed by atoms with Crippen molar-refractivity contribution in [1.29, 1.82) is 0 Å². The molecular formula is C35H47NO7. The maximum atomic E-state index is 11.3. The van der Waals surface area contributed by atoms with Crippen LogP contribution in [0.1, 0.15) is 105 Å². The fourth-order valence-electron chi connectivity index (χ4n) is 7.43. The third-order valence-corrected chi connectivity index (χ3v) is 9.53. The minimum atomic E-state index is -0.559. The van der Waals surface area contributed by atoms with Crippen LogP contribution in [0.4, 0.5) is 0 Å². The molecule has 1 saturated heterocycles. The first kappa shape index (κ1) is 31.2. The maximum Gasteiger partial charge on any atom is 0.200 e. The van der Waals surface area contributed by atoms with Gasteiger partial charge in [0.1, 0.15) is 5.75 Å². The zero-order valence-electron chi connectivity index (χ0n) is 25.5. The fraction of sp³-hybridized carbons (Fsp3) is 0.543. The molecule has 2 aromatic carbocycles. The lowest BCUT2D eigenvalue weighted by Gasteiger charge is -2.45. The lowest BCUT2D eigenvalue weighted by atomic mass is 9.71. The summed E-state index contributed by atoms with van der Waals surface area (Å²) in [5.74, 6) is 0.816. The Hall–Kier alpha value is -3.20. The van der Waals surface area contributed by atoms with Gasteiger partial charge in [0.2, 0.25) is 5.75 Å². The monoisotopic (exact) mass is 593 g/mol. The van der Waals surface area contributed by atoms with Crippen molar-refractivity contribution in [2.24, 2.45) is 11.8 Å². The molecule has 0 radical (unpaired) electrons. The number of ether oxygens (including phenoxy) is 2. The van der Waals surface area contributed by atoms with Crippen LogP contribution >= 0.6 is 0 Å². The van der Waals surface area contributed by atoms with Gasteiger partial charge in [-0.2, -0.15) is 0 Å². The van der Waals surface area contributed by atoms with Crippen LogP contribution in [0.3, 0.4) is 0 Å². The summed E-state index contributed by atoms with van der Waals surface area (Å²) in [7, 11) is 1.47. The Bertz CT molecular complexity index is 1350. The van der Waals surface area contributed by atoms with Gasteiger partial charge in [0, 0.05) is 43.3 Å². The lowest BCUT2D eigenvalue weighted by Crippen LogP contribution is -2.44. The van der Waals surface area contributed by atoms with Gasteiger partial charge in [-0.15, -0.1) is 0 Å². The molecule has 0 spiro atoms. The molecule has 234 valence electrons. The highest BCUT2D eigenvalue weighted by Crippen LogP contribution is 2.50. The molecule has 0 amide bonds. The number of nitrogens with one attached hydrogen (secondary N) is 1. The molecule has 8 nitrogen and oxygen atoms in total. The second-order valence-electron chi connectivity index (χ2n) is 12.9. The standard InChI is InChI=1S/C35H47NO7/c1-20(2)13-24(5-4-12-37)26-15-22(7-9-29(26)38)23-6-8-25-30(39)18-33(43-32(25)16-23)27-17-31(40)34(41)35(42-3)28(27)14-21-10-11-36-19-21/h7,9-11,15,17,19-20,23-25,30,32-33,36-41H,4-6,8,12-14,16,18H2,1-3H3. The summed E-state index contributed by atoms with van der Waals surface area (Å²) in [5.41, 5.74) is 4.55. The number of phenolic OH excluding ortho intramolecular Hbond substituents is 3. The van der Waals surface area contributed by atoms with Crippen LogP contribution in [0.5, 0.6) is 23.0 Å². The van der Waals surface area contributed by atoms with E-state index in [1.54, 1.807) is 12.1 Å². The number of benzene rings is 2. The van der Waals surface area contributed by atoms with Crippen LogP contribution < -0.4 is 4.74 Å². The summed E-state index contributed by atoms with van der Waals surface area (Å²) in [6.07, 6.45) is 8.31. The number of aliphatic hydroxyl groups is 2. The summed E-state index contributed by atoms with van der Waals surface area (Å²) in [6, 6.07) is 9.47. The van der Waals surface area contributed by atoms with Crippen LogP contribution in [-0.4, -0.2) is 56.4 Å². The van der Waals surface area contributed by atoms with Gasteiger partial charge in [0.15, 0.2) is 11.5 Å². The molecule has 1 aliphatic heterocycles. The SMILES string of the molecule is COc1c(O)c(O)cc(C2CC(O)C3CCC(c4ccc(O)c(C(CCCO)CC(C)C)c4)CC3O2)c1Cc1cc[nH]c1. The summed E-state index contributed by atoms with van der Waals surface area (Å²) in [5, 5.41) is 52.8. The molecule has 2 heterocycles. The molecule has 8 heteroatoms. The Labute approximate surface area is 254 Å². The van der Waals surface area contributed by atoms with Crippen molar-refractivity contribution in [3.63, 3.8) is 0 Å². The number of H-pyrrole nitrogens is 1. The molecule has 6 N–H and O–H groups in total. The topological polar surface area (TPSA) is 135 Å². The summed E-state index contributed by atoms with van der Waals surface area (Å²) >= 11 is 0. The normalized spacial score (nSPS) is 24.6. The van der Waals surface area contributed by atoms with Crippen molar-refractivity contribution in [3.8, 4) is 23.0 Å². The number of aromatic nitrogens is 1. The largest absolute Gasteiger partial charge is 0.508 e. The van der Waals surface area contributed by atoms with Gasteiger partial charge < -0.3 is 40.0 Å². The van der Waals surface area contributed by atoms with E-state index in [0.717, 1.165) is 48.8 Å². The Morgan fingerprint density at radius 3 is 2.56 bits per heavy atom. The smallest absolute Gasteiger partial charge is 0.200 e. The van der Waals surface area contributed by atoms with E-state index >= 15 is 0 Å². The number of methoxy groups -OCH3 is 1. The third kappa shape index (κ3) is 6.82. The van der Waals surface area contributed by atoms with E-state index in [2.05, 4.69) is 24.9 Å². The summed E-state index contributed by atoms with van der Waals surface area (Å²) < 4.78 is 12.3. The van der Waals surface area contributed by atoms with Crippen molar-refractivity contribution in [2.75, 3.05) is 13.7 Å². The van der Waals surface area contributed by atoms with E-state index in [-0.39, 0.29) is 47.7 Å². The summed E-state index contributed by atoms with van der Waals surface area (Å²) in [4.78, 5) is 3.06. The molecule has 43 heavy (non-hydrogen) atoms. The van der Waals surface area contributed by atoms with Gasteiger partial charge in [-0.3, -0.25) is 0 Å². The van der Waals surface area contributed by atoms with Crippen molar-refractivity contribution >= 4 is 0 Å². The number of aliphatic hydroxyl groups excluding tert-OH is 2. The highest BCUT2D eigenvalue weighted by Gasteiger charge is 2.43. The van der Waals surface area contributed by atoms with Gasteiger partial charge in [0.05, 0.1) is 25.4 Å². The van der Waals surface area contributed by atoms with Crippen LogP contribution in [0.25, 0.3) is 0 Å². The average molecular weight is 594 g/mol. The molecule has 1 aliphatic carbocycles. The predicted molar refractivity (Wildman–Crippen MR) is 165 cm³/mol. The van der Waals surface area contributed by atoms with E-state index in [4.69, 9.17) is 9.47 Å².